The summed E-state index contributed by atoms with van der Waals surface area (Å²) in [7, 11) is 0. The molecule has 2 rings (SSSR count). The van der Waals surface area contributed by atoms with Gasteiger partial charge in [-0.25, -0.2) is 4.98 Å². The topological polar surface area (TPSA) is 46.9 Å². The largest absolute Gasteiger partial charge is 0.364 e. The second-order valence-electron chi connectivity index (χ2n) is 5.88. The maximum absolute atomic E-state index is 12.2. The van der Waals surface area contributed by atoms with Crippen LogP contribution in [0.15, 0.2) is 17.2 Å². The third kappa shape index (κ3) is 3.75. The highest BCUT2D eigenvalue weighted by Gasteiger charge is 2.29. The predicted molar refractivity (Wildman–Crippen MR) is 81.9 cm³/mol. The average Bonchev–Trinajstić information content (AvgIpc) is 2.77. The molecule has 1 aliphatic heterocycles. The molecule has 1 saturated heterocycles. The van der Waals surface area contributed by atoms with Gasteiger partial charge in [0.1, 0.15) is 0 Å². The molecule has 0 bridgehead atoms. The SMILES string of the molecule is CC(C)Cn1ccnc(NCC2(C)CCCS2)c1=O. The first-order chi connectivity index (χ1) is 9.00. The second kappa shape index (κ2) is 5.99. The minimum Gasteiger partial charge on any atom is -0.364 e. The Balaban J connectivity index is 2.06. The van der Waals surface area contributed by atoms with Crippen LogP contribution in [0.5, 0.6) is 0 Å². The van der Waals surface area contributed by atoms with Gasteiger partial charge in [0.05, 0.1) is 0 Å². The molecule has 0 amide bonds. The highest BCUT2D eigenvalue weighted by atomic mass is 32.2. The molecule has 1 fully saturated rings. The van der Waals surface area contributed by atoms with Gasteiger partial charge in [0.15, 0.2) is 5.82 Å². The van der Waals surface area contributed by atoms with Crippen LogP contribution in [0.4, 0.5) is 5.82 Å². The molecule has 2 heterocycles. The Kier molecular flexibility index (Phi) is 4.55. The molecule has 1 atom stereocenters. The number of hydrogen-bond acceptors (Lipinski definition) is 4. The lowest BCUT2D eigenvalue weighted by molar-refractivity contribution is 0.509. The predicted octanol–water partition coefficient (Wildman–Crippen LogP) is 2.60. The van der Waals surface area contributed by atoms with Crippen molar-refractivity contribution in [2.75, 3.05) is 17.6 Å². The van der Waals surface area contributed by atoms with Crippen LogP contribution in [0.3, 0.4) is 0 Å². The van der Waals surface area contributed by atoms with Crippen LogP contribution in [0.1, 0.15) is 33.6 Å². The molecular formula is C14H23N3OS. The number of rotatable bonds is 5. The van der Waals surface area contributed by atoms with Gasteiger partial charge < -0.3 is 9.88 Å². The van der Waals surface area contributed by atoms with Crippen molar-refractivity contribution in [3.05, 3.63) is 22.7 Å². The van der Waals surface area contributed by atoms with Crippen LogP contribution in [0.25, 0.3) is 0 Å². The number of aromatic nitrogens is 2. The van der Waals surface area contributed by atoms with Gasteiger partial charge in [-0.2, -0.15) is 11.8 Å². The lowest BCUT2D eigenvalue weighted by Crippen LogP contribution is -2.32. The van der Waals surface area contributed by atoms with Crippen molar-refractivity contribution < 1.29 is 0 Å². The summed E-state index contributed by atoms with van der Waals surface area (Å²) < 4.78 is 1.98. The van der Waals surface area contributed by atoms with E-state index in [4.69, 9.17) is 0 Å². The van der Waals surface area contributed by atoms with Gasteiger partial charge in [-0.05, 0) is 31.4 Å². The molecule has 0 radical (unpaired) electrons. The van der Waals surface area contributed by atoms with Crippen LogP contribution >= 0.6 is 11.8 Å². The van der Waals surface area contributed by atoms with Crippen molar-refractivity contribution in [2.24, 2.45) is 5.92 Å². The molecule has 1 aromatic rings. The Labute approximate surface area is 119 Å². The zero-order chi connectivity index (χ0) is 13.9. The number of thioether (sulfide) groups is 1. The fourth-order valence-corrected chi connectivity index (χ4v) is 3.60. The first kappa shape index (κ1) is 14.4. The van der Waals surface area contributed by atoms with Gasteiger partial charge in [0, 0.05) is 30.2 Å². The Hall–Kier alpha value is -0.970. The summed E-state index contributed by atoms with van der Waals surface area (Å²) in [6.45, 7) is 8.02. The van der Waals surface area contributed by atoms with Gasteiger partial charge >= 0.3 is 0 Å². The second-order valence-corrected chi connectivity index (χ2v) is 7.57. The van der Waals surface area contributed by atoms with Gasteiger partial charge in [0.25, 0.3) is 5.56 Å². The molecule has 0 saturated carbocycles. The van der Waals surface area contributed by atoms with Gasteiger partial charge in [0.2, 0.25) is 0 Å². The van der Waals surface area contributed by atoms with E-state index in [0.717, 1.165) is 13.1 Å². The van der Waals surface area contributed by atoms with Crippen LogP contribution in [-0.4, -0.2) is 26.6 Å². The van der Waals surface area contributed by atoms with Crippen molar-refractivity contribution >= 4 is 17.6 Å². The molecule has 1 unspecified atom stereocenters. The Bertz CT molecular complexity index is 478. The molecule has 0 aromatic carbocycles. The van der Waals surface area contributed by atoms with E-state index in [0.29, 0.717) is 11.7 Å². The fraction of sp³-hybridized carbons (Fsp3) is 0.714. The van der Waals surface area contributed by atoms with E-state index >= 15 is 0 Å². The van der Waals surface area contributed by atoms with E-state index in [1.807, 2.05) is 11.8 Å². The number of hydrogen-bond donors (Lipinski definition) is 1. The van der Waals surface area contributed by atoms with E-state index < -0.39 is 0 Å². The van der Waals surface area contributed by atoms with Gasteiger partial charge in [-0.1, -0.05) is 13.8 Å². The Morgan fingerprint density at radius 3 is 3.00 bits per heavy atom. The molecule has 0 aliphatic carbocycles. The quantitative estimate of drug-likeness (QED) is 0.901. The van der Waals surface area contributed by atoms with E-state index in [2.05, 4.69) is 31.1 Å². The maximum atomic E-state index is 12.2. The van der Waals surface area contributed by atoms with E-state index in [1.54, 1.807) is 17.0 Å². The first-order valence-electron chi connectivity index (χ1n) is 6.93. The molecule has 1 aliphatic rings. The summed E-state index contributed by atoms with van der Waals surface area (Å²) in [5.41, 5.74) is -0.0113. The third-order valence-corrected chi connectivity index (χ3v) is 4.94. The summed E-state index contributed by atoms with van der Waals surface area (Å²) in [4.78, 5) is 16.4. The van der Waals surface area contributed by atoms with Crippen LogP contribution in [0.2, 0.25) is 0 Å². The van der Waals surface area contributed by atoms with Crippen molar-refractivity contribution in [1.82, 2.24) is 9.55 Å². The van der Waals surface area contributed by atoms with E-state index in [1.165, 1.54) is 18.6 Å². The summed E-state index contributed by atoms with van der Waals surface area (Å²) in [5, 5.41) is 3.24. The summed E-state index contributed by atoms with van der Waals surface area (Å²) in [6, 6.07) is 0. The lowest BCUT2D eigenvalue weighted by atomic mass is 10.1. The van der Waals surface area contributed by atoms with Crippen LogP contribution in [-0.2, 0) is 6.54 Å². The monoisotopic (exact) mass is 281 g/mol. The summed E-state index contributed by atoms with van der Waals surface area (Å²) in [5.74, 6) is 2.16. The smallest absolute Gasteiger partial charge is 0.293 e. The number of nitrogens with zero attached hydrogens (tertiary/aromatic N) is 2. The van der Waals surface area contributed by atoms with E-state index in [9.17, 15) is 4.79 Å². The minimum absolute atomic E-state index is 0.0113. The summed E-state index contributed by atoms with van der Waals surface area (Å²) >= 11 is 1.99. The van der Waals surface area contributed by atoms with Crippen molar-refractivity contribution in [3.8, 4) is 0 Å². The Morgan fingerprint density at radius 1 is 1.58 bits per heavy atom. The molecule has 5 heteroatoms. The third-order valence-electron chi connectivity index (χ3n) is 3.41. The molecule has 19 heavy (non-hydrogen) atoms. The van der Waals surface area contributed by atoms with Gasteiger partial charge in [-0.3, -0.25) is 4.79 Å². The normalized spacial score (nSPS) is 22.9. The minimum atomic E-state index is -0.0113. The van der Waals surface area contributed by atoms with Gasteiger partial charge in [-0.15, -0.1) is 0 Å². The standard InChI is InChI=1S/C14H23N3OS/c1-11(2)9-17-7-6-15-12(13(17)18)16-10-14(3)5-4-8-19-14/h6-7,11H,4-5,8-10H2,1-3H3,(H,15,16). The maximum Gasteiger partial charge on any atom is 0.293 e. The van der Waals surface area contributed by atoms with Crippen LogP contribution < -0.4 is 10.9 Å². The van der Waals surface area contributed by atoms with Crippen molar-refractivity contribution in [2.45, 2.75) is 44.9 Å². The molecule has 106 valence electrons. The molecule has 1 aromatic heterocycles. The van der Waals surface area contributed by atoms with E-state index in [-0.39, 0.29) is 10.3 Å². The molecule has 1 N–H and O–H groups in total. The zero-order valence-corrected chi connectivity index (χ0v) is 12.8. The highest BCUT2D eigenvalue weighted by Crippen LogP contribution is 2.37. The summed E-state index contributed by atoms with van der Waals surface area (Å²) in [6.07, 6.45) is 5.94. The van der Waals surface area contributed by atoms with Crippen molar-refractivity contribution in [3.63, 3.8) is 0 Å². The zero-order valence-electron chi connectivity index (χ0n) is 12.0. The van der Waals surface area contributed by atoms with Crippen LogP contribution in [0, 0.1) is 5.92 Å². The number of nitrogens with one attached hydrogen (secondary N) is 1. The fourth-order valence-electron chi connectivity index (χ4n) is 2.35. The average molecular weight is 281 g/mol. The molecular weight excluding hydrogens is 258 g/mol. The Morgan fingerprint density at radius 2 is 2.37 bits per heavy atom. The number of anilines is 1. The van der Waals surface area contributed by atoms with Crippen molar-refractivity contribution in [1.29, 1.82) is 0 Å². The highest BCUT2D eigenvalue weighted by molar-refractivity contribution is 8.00. The molecule has 4 nitrogen and oxygen atoms in total. The lowest BCUT2D eigenvalue weighted by Gasteiger charge is -2.23. The molecule has 0 spiro atoms. The first-order valence-corrected chi connectivity index (χ1v) is 7.92.